The molecule has 0 saturated heterocycles. The van der Waals surface area contributed by atoms with E-state index in [0.29, 0.717) is 12.0 Å². The lowest BCUT2D eigenvalue weighted by molar-refractivity contribution is 0.263. The van der Waals surface area contributed by atoms with Crippen LogP contribution in [0.25, 0.3) is 0 Å². The molecular formula is C16H19NOS. The number of ether oxygens (including phenoxy) is 1. The van der Waals surface area contributed by atoms with Crippen LogP contribution in [0, 0.1) is 0 Å². The van der Waals surface area contributed by atoms with E-state index in [1.54, 1.807) is 11.3 Å². The minimum atomic E-state index is 0.418. The fraction of sp³-hybridized carbons (Fsp3) is 0.375. The zero-order valence-corrected chi connectivity index (χ0v) is 12.0. The molecule has 1 aromatic carbocycles. The highest BCUT2D eigenvalue weighted by atomic mass is 32.1. The monoisotopic (exact) mass is 273 g/mol. The molecule has 19 heavy (non-hydrogen) atoms. The van der Waals surface area contributed by atoms with Crippen LogP contribution in [0.15, 0.2) is 41.1 Å². The summed E-state index contributed by atoms with van der Waals surface area (Å²) in [6, 6.07) is 11.0. The van der Waals surface area contributed by atoms with Crippen LogP contribution in [0.5, 0.6) is 5.75 Å². The predicted molar refractivity (Wildman–Crippen MR) is 80.0 cm³/mol. The third kappa shape index (κ3) is 2.82. The highest BCUT2D eigenvalue weighted by molar-refractivity contribution is 7.07. The van der Waals surface area contributed by atoms with Crippen LogP contribution in [0.4, 0.5) is 0 Å². The summed E-state index contributed by atoms with van der Waals surface area (Å²) in [6.07, 6.45) is 1.10. The van der Waals surface area contributed by atoms with E-state index >= 15 is 0 Å². The van der Waals surface area contributed by atoms with Crippen molar-refractivity contribution in [3.63, 3.8) is 0 Å². The Morgan fingerprint density at radius 3 is 3.11 bits per heavy atom. The molecule has 100 valence electrons. The zero-order chi connectivity index (χ0) is 13.1. The molecular weight excluding hydrogens is 254 g/mol. The van der Waals surface area contributed by atoms with Crippen molar-refractivity contribution in [3.8, 4) is 5.75 Å². The largest absolute Gasteiger partial charge is 0.493 e. The van der Waals surface area contributed by atoms with Gasteiger partial charge in [-0.25, -0.2) is 0 Å². The maximum Gasteiger partial charge on any atom is 0.122 e. The van der Waals surface area contributed by atoms with Gasteiger partial charge in [-0.1, -0.05) is 18.2 Å². The molecule has 1 aliphatic heterocycles. The first-order chi connectivity index (χ1) is 9.34. The Bertz CT molecular complexity index is 523. The highest BCUT2D eigenvalue weighted by Crippen LogP contribution is 2.33. The van der Waals surface area contributed by atoms with Gasteiger partial charge in [0.2, 0.25) is 0 Å². The van der Waals surface area contributed by atoms with Gasteiger partial charge in [-0.3, -0.25) is 0 Å². The zero-order valence-electron chi connectivity index (χ0n) is 11.1. The van der Waals surface area contributed by atoms with Crippen molar-refractivity contribution in [1.82, 2.24) is 5.32 Å². The normalized spacial score (nSPS) is 19.5. The van der Waals surface area contributed by atoms with E-state index in [2.05, 4.69) is 47.3 Å². The Hall–Kier alpha value is -1.32. The molecule has 0 bridgehead atoms. The van der Waals surface area contributed by atoms with Crippen LogP contribution in [0.3, 0.4) is 0 Å². The molecule has 0 spiro atoms. The molecule has 2 unspecified atom stereocenters. The van der Waals surface area contributed by atoms with E-state index in [9.17, 15) is 0 Å². The molecule has 2 heterocycles. The Kier molecular flexibility index (Phi) is 3.85. The minimum Gasteiger partial charge on any atom is -0.493 e. The summed E-state index contributed by atoms with van der Waals surface area (Å²) in [7, 11) is 0. The van der Waals surface area contributed by atoms with Crippen molar-refractivity contribution < 1.29 is 4.74 Å². The number of fused-ring (bicyclic) bond motifs is 1. The molecule has 2 atom stereocenters. The molecule has 0 fully saturated rings. The summed E-state index contributed by atoms with van der Waals surface area (Å²) >= 11 is 1.76. The number of hydrogen-bond acceptors (Lipinski definition) is 3. The van der Waals surface area contributed by atoms with Gasteiger partial charge >= 0.3 is 0 Å². The van der Waals surface area contributed by atoms with E-state index in [4.69, 9.17) is 4.74 Å². The van der Waals surface area contributed by atoms with E-state index < -0.39 is 0 Å². The summed E-state index contributed by atoms with van der Waals surface area (Å²) in [5, 5.41) is 8.00. The molecule has 2 aromatic rings. The van der Waals surface area contributed by atoms with Crippen LogP contribution < -0.4 is 10.1 Å². The van der Waals surface area contributed by atoms with Crippen molar-refractivity contribution in [2.45, 2.75) is 25.3 Å². The van der Waals surface area contributed by atoms with Gasteiger partial charge in [0.15, 0.2) is 0 Å². The minimum absolute atomic E-state index is 0.418. The number of para-hydroxylation sites is 1. The Morgan fingerprint density at radius 2 is 2.26 bits per heavy atom. The van der Waals surface area contributed by atoms with Crippen molar-refractivity contribution >= 4 is 11.3 Å². The smallest absolute Gasteiger partial charge is 0.122 e. The van der Waals surface area contributed by atoms with E-state index in [0.717, 1.165) is 25.3 Å². The van der Waals surface area contributed by atoms with Crippen LogP contribution in [0.1, 0.15) is 36.4 Å². The van der Waals surface area contributed by atoms with Gasteiger partial charge in [0.25, 0.3) is 0 Å². The van der Waals surface area contributed by atoms with Crippen molar-refractivity contribution in [3.05, 3.63) is 52.2 Å². The molecule has 1 aliphatic rings. The van der Waals surface area contributed by atoms with Crippen molar-refractivity contribution in [2.24, 2.45) is 0 Å². The first kappa shape index (κ1) is 12.7. The highest BCUT2D eigenvalue weighted by Gasteiger charge is 2.21. The predicted octanol–water partition coefficient (Wildman–Crippen LogP) is 3.97. The second-order valence-corrected chi connectivity index (χ2v) is 5.84. The topological polar surface area (TPSA) is 21.3 Å². The Morgan fingerprint density at radius 1 is 1.37 bits per heavy atom. The SMILES string of the molecule is CC(NCC1CCOc2ccccc21)c1ccsc1. The summed E-state index contributed by atoms with van der Waals surface area (Å²) in [5.41, 5.74) is 2.73. The molecule has 1 aromatic heterocycles. The second kappa shape index (κ2) is 5.76. The standard InChI is InChI=1S/C16H19NOS/c1-12(14-7-9-19-11-14)17-10-13-6-8-18-16-5-3-2-4-15(13)16/h2-5,7,9,11-13,17H,6,8,10H2,1H3. The molecule has 0 amide bonds. The van der Waals surface area contributed by atoms with Gasteiger partial charge in [0, 0.05) is 18.5 Å². The van der Waals surface area contributed by atoms with Crippen LogP contribution in [-0.2, 0) is 0 Å². The van der Waals surface area contributed by atoms with Gasteiger partial charge in [-0.05, 0) is 47.4 Å². The second-order valence-electron chi connectivity index (χ2n) is 5.06. The summed E-state index contributed by atoms with van der Waals surface area (Å²) < 4.78 is 5.71. The lowest BCUT2D eigenvalue weighted by Gasteiger charge is -2.27. The van der Waals surface area contributed by atoms with Crippen molar-refractivity contribution in [1.29, 1.82) is 0 Å². The van der Waals surface area contributed by atoms with Gasteiger partial charge in [-0.2, -0.15) is 11.3 Å². The fourth-order valence-corrected chi connectivity index (χ4v) is 3.34. The van der Waals surface area contributed by atoms with Crippen LogP contribution in [0.2, 0.25) is 0 Å². The third-order valence-electron chi connectivity index (χ3n) is 3.80. The van der Waals surface area contributed by atoms with Gasteiger partial charge in [-0.15, -0.1) is 0 Å². The number of benzene rings is 1. The van der Waals surface area contributed by atoms with Gasteiger partial charge in [0.1, 0.15) is 5.75 Å². The van der Waals surface area contributed by atoms with Crippen LogP contribution in [-0.4, -0.2) is 13.2 Å². The third-order valence-corrected chi connectivity index (χ3v) is 4.50. The molecule has 0 saturated carbocycles. The van der Waals surface area contributed by atoms with Gasteiger partial charge in [0.05, 0.1) is 6.61 Å². The lowest BCUT2D eigenvalue weighted by atomic mass is 9.93. The maximum absolute atomic E-state index is 5.71. The van der Waals surface area contributed by atoms with E-state index in [1.807, 2.05) is 6.07 Å². The molecule has 0 radical (unpaired) electrons. The van der Waals surface area contributed by atoms with E-state index in [-0.39, 0.29) is 0 Å². The number of thiophene rings is 1. The average Bonchev–Trinajstić information content (AvgIpc) is 2.99. The average molecular weight is 273 g/mol. The summed E-state index contributed by atoms with van der Waals surface area (Å²) in [6.45, 7) is 4.07. The fourth-order valence-electron chi connectivity index (χ4n) is 2.59. The molecule has 2 nitrogen and oxygen atoms in total. The first-order valence-corrected chi connectivity index (χ1v) is 7.76. The Labute approximate surface area is 118 Å². The number of rotatable bonds is 4. The number of nitrogens with one attached hydrogen (secondary N) is 1. The van der Waals surface area contributed by atoms with Gasteiger partial charge < -0.3 is 10.1 Å². The lowest BCUT2D eigenvalue weighted by Crippen LogP contribution is -2.27. The first-order valence-electron chi connectivity index (χ1n) is 6.82. The maximum atomic E-state index is 5.71. The quantitative estimate of drug-likeness (QED) is 0.910. The summed E-state index contributed by atoms with van der Waals surface area (Å²) in [5.74, 6) is 1.62. The van der Waals surface area contributed by atoms with Crippen LogP contribution >= 0.6 is 11.3 Å². The molecule has 3 rings (SSSR count). The molecule has 1 N–H and O–H groups in total. The number of hydrogen-bond donors (Lipinski definition) is 1. The molecule has 3 heteroatoms. The van der Waals surface area contributed by atoms with E-state index in [1.165, 1.54) is 11.1 Å². The van der Waals surface area contributed by atoms with Crippen molar-refractivity contribution in [2.75, 3.05) is 13.2 Å². The Balaban J connectivity index is 1.65. The summed E-state index contributed by atoms with van der Waals surface area (Å²) in [4.78, 5) is 0. The molecule has 0 aliphatic carbocycles.